The van der Waals surface area contributed by atoms with E-state index in [2.05, 4.69) is 37.3 Å². The van der Waals surface area contributed by atoms with Gasteiger partial charge in [-0.2, -0.15) is 0 Å². The molecule has 3 heteroatoms. The van der Waals surface area contributed by atoms with Crippen molar-refractivity contribution in [2.75, 3.05) is 6.54 Å². The fourth-order valence-electron chi connectivity index (χ4n) is 3.35. The molecule has 1 N–H and O–H groups in total. The highest BCUT2D eigenvalue weighted by molar-refractivity contribution is 5.27. The molecule has 19 heavy (non-hydrogen) atoms. The summed E-state index contributed by atoms with van der Waals surface area (Å²) >= 11 is 0. The Morgan fingerprint density at radius 2 is 2.16 bits per heavy atom. The van der Waals surface area contributed by atoms with Crippen LogP contribution in [0, 0.1) is 5.41 Å². The van der Waals surface area contributed by atoms with E-state index in [0.717, 1.165) is 18.8 Å². The number of nitrogens with one attached hydrogen (secondary N) is 1. The topological polar surface area (TPSA) is 37.8 Å². The molecule has 3 rings (SSSR count). The zero-order valence-corrected chi connectivity index (χ0v) is 12.4. The van der Waals surface area contributed by atoms with Crippen LogP contribution in [-0.2, 0) is 6.42 Å². The molecule has 1 aromatic heterocycles. The molecule has 0 saturated heterocycles. The summed E-state index contributed by atoms with van der Waals surface area (Å²) in [6, 6.07) is 0.430. The quantitative estimate of drug-likeness (QED) is 0.904. The number of hydrogen-bond acceptors (Lipinski definition) is 3. The van der Waals surface area contributed by atoms with E-state index >= 15 is 0 Å². The van der Waals surface area contributed by atoms with Crippen molar-refractivity contribution in [1.82, 2.24) is 15.3 Å². The molecule has 2 aliphatic carbocycles. The Hall–Kier alpha value is -0.960. The van der Waals surface area contributed by atoms with Crippen molar-refractivity contribution in [3.05, 3.63) is 23.3 Å². The van der Waals surface area contributed by atoms with Crippen LogP contribution in [0.5, 0.6) is 0 Å². The van der Waals surface area contributed by atoms with Crippen LogP contribution >= 0.6 is 0 Å². The molecular formula is C16H25N3. The molecule has 1 fully saturated rings. The molecule has 1 aromatic rings. The molecule has 3 nitrogen and oxygen atoms in total. The van der Waals surface area contributed by atoms with E-state index in [9.17, 15) is 0 Å². The summed E-state index contributed by atoms with van der Waals surface area (Å²) in [6.07, 6.45) is 8.26. The van der Waals surface area contributed by atoms with Gasteiger partial charge >= 0.3 is 0 Å². The Morgan fingerprint density at radius 1 is 1.37 bits per heavy atom. The average molecular weight is 259 g/mol. The summed E-state index contributed by atoms with van der Waals surface area (Å²) in [6.45, 7) is 7.88. The van der Waals surface area contributed by atoms with Crippen LogP contribution in [0.1, 0.15) is 75.5 Å². The van der Waals surface area contributed by atoms with Crippen molar-refractivity contribution in [3.63, 3.8) is 0 Å². The first-order valence-corrected chi connectivity index (χ1v) is 7.68. The van der Waals surface area contributed by atoms with Crippen molar-refractivity contribution >= 4 is 0 Å². The molecular weight excluding hydrogens is 234 g/mol. The summed E-state index contributed by atoms with van der Waals surface area (Å²) in [4.78, 5) is 9.56. The highest BCUT2D eigenvalue weighted by Gasteiger charge is 2.34. The predicted molar refractivity (Wildman–Crippen MR) is 77.1 cm³/mol. The molecule has 2 aliphatic rings. The van der Waals surface area contributed by atoms with Gasteiger partial charge in [-0.15, -0.1) is 0 Å². The van der Waals surface area contributed by atoms with E-state index in [1.54, 1.807) is 0 Å². The molecule has 0 spiro atoms. The van der Waals surface area contributed by atoms with Gasteiger partial charge in [0.15, 0.2) is 0 Å². The summed E-state index contributed by atoms with van der Waals surface area (Å²) in [5.41, 5.74) is 2.97. The second kappa shape index (κ2) is 4.86. The van der Waals surface area contributed by atoms with E-state index in [4.69, 9.17) is 4.98 Å². The number of fused-ring (bicyclic) bond motifs is 1. The molecule has 0 amide bonds. The minimum absolute atomic E-state index is 0.338. The molecule has 0 aromatic carbocycles. The van der Waals surface area contributed by atoms with E-state index in [1.165, 1.54) is 36.9 Å². The third kappa shape index (κ3) is 2.53. The van der Waals surface area contributed by atoms with Gasteiger partial charge in [0.2, 0.25) is 0 Å². The van der Waals surface area contributed by atoms with E-state index in [-0.39, 0.29) is 0 Å². The third-order valence-electron chi connectivity index (χ3n) is 4.62. The summed E-state index contributed by atoms with van der Waals surface area (Å²) in [7, 11) is 0. The molecule has 1 unspecified atom stereocenters. The molecule has 104 valence electrons. The fourth-order valence-corrected chi connectivity index (χ4v) is 3.35. The number of nitrogens with zero attached hydrogens (tertiary/aromatic N) is 2. The zero-order valence-electron chi connectivity index (χ0n) is 12.4. The maximum absolute atomic E-state index is 4.91. The summed E-state index contributed by atoms with van der Waals surface area (Å²) < 4.78 is 0. The lowest BCUT2D eigenvalue weighted by Gasteiger charge is -2.37. The standard InChI is InChI=1S/C16H25N3/c1-4-17-13-8-16(2,3)9-14-12(13)10-18-15(19-14)11-6-5-7-11/h10-11,13,17H,4-9H2,1-3H3. The Kier molecular flexibility index (Phi) is 3.34. The van der Waals surface area contributed by atoms with Gasteiger partial charge in [-0.3, -0.25) is 0 Å². The molecule has 1 heterocycles. The Labute approximate surface area is 116 Å². The Bertz CT molecular complexity index is 463. The lowest BCUT2D eigenvalue weighted by molar-refractivity contribution is 0.254. The van der Waals surface area contributed by atoms with Gasteiger partial charge in [-0.25, -0.2) is 9.97 Å². The van der Waals surface area contributed by atoms with Gasteiger partial charge in [0.25, 0.3) is 0 Å². The van der Waals surface area contributed by atoms with Crippen molar-refractivity contribution in [1.29, 1.82) is 0 Å². The highest BCUT2D eigenvalue weighted by Crippen LogP contribution is 2.41. The Balaban J connectivity index is 1.93. The van der Waals surface area contributed by atoms with Crippen molar-refractivity contribution in [3.8, 4) is 0 Å². The number of aromatic nitrogens is 2. The molecule has 0 aliphatic heterocycles. The van der Waals surface area contributed by atoms with E-state index < -0.39 is 0 Å². The first-order chi connectivity index (χ1) is 9.09. The van der Waals surface area contributed by atoms with Gasteiger partial charge in [-0.05, 0) is 37.6 Å². The normalized spacial score (nSPS) is 25.7. The van der Waals surface area contributed by atoms with E-state index in [1.807, 2.05) is 0 Å². The van der Waals surface area contributed by atoms with Gasteiger partial charge in [0.1, 0.15) is 5.82 Å². The van der Waals surface area contributed by atoms with Crippen LogP contribution in [0.3, 0.4) is 0 Å². The minimum Gasteiger partial charge on any atom is -0.310 e. The van der Waals surface area contributed by atoms with Gasteiger partial charge < -0.3 is 5.32 Å². The third-order valence-corrected chi connectivity index (χ3v) is 4.62. The number of hydrogen-bond donors (Lipinski definition) is 1. The van der Waals surface area contributed by atoms with Crippen LogP contribution in [0.2, 0.25) is 0 Å². The summed E-state index contributed by atoms with van der Waals surface area (Å²) in [5.74, 6) is 1.73. The van der Waals surface area contributed by atoms with Crippen molar-refractivity contribution in [2.45, 2.75) is 64.8 Å². The van der Waals surface area contributed by atoms with E-state index in [0.29, 0.717) is 17.4 Å². The van der Waals surface area contributed by atoms with Crippen LogP contribution in [0.4, 0.5) is 0 Å². The average Bonchev–Trinajstić information content (AvgIpc) is 2.25. The smallest absolute Gasteiger partial charge is 0.131 e. The predicted octanol–water partition coefficient (Wildman–Crippen LogP) is 3.37. The minimum atomic E-state index is 0.338. The number of rotatable bonds is 3. The lowest BCUT2D eigenvalue weighted by atomic mass is 9.74. The van der Waals surface area contributed by atoms with Crippen molar-refractivity contribution in [2.24, 2.45) is 5.41 Å². The Morgan fingerprint density at radius 3 is 2.79 bits per heavy atom. The SMILES string of the molecule is CCNC1CC(C)(C)Cc2nc(C3CCC3)ncc21. The van der Waals surface area contributed by atoms with Crippen LogP contribution in [-0.4, -0.2) is 16.5 Å². The molecule has 1 atom stereocenters. The molecule has 1 saturated carbocycles. The first kappa shape index (κ1) is 13.0. The maximum atomic E-state index is 4.91. The maximum Gasteiger partial charge on any atom is 0.131 e. The monoisotopic (exact) mass is 259 g/mol. The van der Waals surface area contributed by atoms with Crippen molar-refractivity contribution < 1.29 is 0 Å². The second-order valence-corrected chi connectivity index (χ2v) is 6.91. The largest absolute Gasteiger partial charge is 0.310 e. The molecule has 0 radical (unpaired) electrons. The van der Waals surface area contributed by atoms with Crippen LogP contribution < -0.4 is 5.32 Å². The van der Waals surface area contributed by atoms with Crippen LogP contribution in [0.25, 0.3) is 0 Å². The first-order valence-electron chi connectivity index (χ1n) is 7.68. The van der Waals surface area contributed by atoms with Gasteiger partial charge in [0, 0.05) is 29.4 Å². The highest BCUT2D eigenvalue weighted by atomic mass is 15.0. The fraction of sp³-hybridized carbons (Fsp3) is 0.750. The zero-order chi connectivity index (χ0) is 13.5. The molecule has 0 bridgehead atoms. The van der Waals surface area contributed by atoms with Gasteiger partial charge in [0.05, 0.1) is 0 Å². The van der Waals surface area contributed by atoms with Crippen LogP contribution in [0.15, 0.2) is 6.20 Å². The van der Waals surface area contributed by atoms with Gasteiger partial charge in [-0.1, -0.05) is 27.2 Å². The lowest BCUT2D eigenvalue weighted by Crippen LogP contribution is -2.34. The second-order valence-electron chi connectivity index (χ2n) is 6.91. The summed E-state index contributed by atoms with van der Waals surface area (Å²) in [5, 5.41) is 3.59.